The number of fused-ring (bicyclic) bond motifs is 5. The Hall–Kier alpha value is -0.830. The average Bonchev–Trinajstić information content (AvgIpc) is 3.12. The molecule has 0 aromatic heterocycles. The number of carbonyl (C=O) groups is 1. The van der Waals surface area contributed by atoms with Crippen LogP contribution in [0.4, 0.5) is 0 Å². The van der Waals surface area contributed by atoms with Gasteiger partial charge in [-0.05, 0) is 92.6 Å². The minimum absolute atomic E-state index is 0.0137. The molecule has 0 bridgehead atoms. The summed E-state index contributed by atoms with van der Waals surface area (Å²) in [5.41, 5.74) is -4.18. The van der Waals surface area contributed by atoms with E-state index in [1.165, 1.54) is 0 Å². The minimum Gasteiger partial charge on any atom is -0.396 e. The zero-order valence-corrected chi connectivity index (χ0v) is 23.6. The third kappa shape index (κ3) is 3.93. The van der Waals surface area contributed by atoms with Crippen molar-refractivity contribution in [1.82, 2.24) is 0 Å². The van der Waals surface area contributed by atoms with Gasteiger partial charge in [0.25, 0.3) is 0 Å². The first-order valence-corrected chi connectivity index (χ1v) is 14.4. The summed E-state index contributed by atoms with van der Waals surface area (Å²) in [4.78, 5) is 13.6. The van der Waals surface area contributed by atoms with Crippen LogP contribution >= 0.6 is 0 Å². The van der Waals surface area contributed by atoms with Crippen molar-refractivity contribution < 1.29 is 35.4 Å². The Morgan fingerprint density at radius 2 is 1.70 bits per heavy atom. The molecule has 6 N–H and O–H groups in total. The van der Waals surface area contributed by atoms with Crippen molar-refractivity contribution in [1.29, 1.82) is 0 Å². The fraction of sp³-hybridized carbons (Fsp3) is 0.900. The lowest BCUT2D eigenvalue weighted by Crippen LogP contribution is -2.65. The molecule has 0 radical (unpaired) electrons. The van der Waals surface area contributed by atoms with Gasteiger partial charge in [0.1, 0.15) is 0 Å². The Morgan fingerprint density at radius 1 is 1.08 bits per heavy atom. The smallest absolute Gasteiger partial charge is 0.162 e. The van der Waals surface area contributed by atoms with Crippen LogP contribution in [0.15, 0.2) is 11.6 Å². The highest BCUT2D eigenvalue weighted by Gasteiger charge is 2.71. The van der Waals surface area contributed by atoms with E-state index in [1.807, 2.05) is 34.6 Å². The summed E-state index contributed by atoms with van der Waals surface area (Å²) in [6.07, 6.45) is 2.67. The van der Waals surface area contributed by atoms with Gasteiger partial charge in [0, 0.05) is 17.4 Å². The molecule has 212 valence electrons. The summed E-state index contributed by atoms with van der Waals surface area (Å²) in [7, 11) is 0. The minimum atomic E-state index is -1.45. The van der Waals surface area contributed by atoms with Crippen LogP contribution in [0.2, 0.25) is 0 Å². The molecule has 0 heterocycles. The predicted octanol–water partition coefficient (Wildman–Crippen LogP) is 2.74. The molecule has 4 aliphatic carbocycles. The Bertz CT molecular complexity index is 931. The van der Waals surface area contributed by atoms with E-state index in [1.54, 1.807) is 13.0 Å². The maximum Gasteiger partial charge on any atom is 0.162 e. The van der Waals surface area contributed by atoms with Gasteiger partial charge in [-0.15, -0.1) is 0 Å². The second-order valence-electron chi connectivity index (χ2n) is 14.0. The lowest BCUT2D eigenvalue weighted by molar-refractivity contribution is -0.189. The number of carbonyl (C=O) groups excluding carboxylic acids is 1. The van der Waals surface area contributed by atoms with Gasteiger partial charge in [-0.1, -0.05) is 41.0 Å². The van der Waals surface area contributed by atoms with E-state index in [0.29, 0.717) is 44.1 Å². The van der Waals surface area contributed by atoms with E-state index in [0.717, 1.165) is 6.42 Å². The number of aliphatic hydroxyl groups is 6. The molecule has 5 unspecified atom stereocenters. The first-order chi connectivity index (χ1) is 17.0. The van der Waals surface area contributed by atoms with Crippen LogP contribution in [-0.2, 0) is 4.79 Å². The highest BCUT2D eigenvalue weighted by Crippen LogP contribution is 2.70. The summed E-state index contributed by atoms with van der Waals surface area (Å²) >= 11 is 0. The maximum absolute atomic E-state index is 13.6. The molecule has 0 aliphatic heterocycles. The number of hydrogen-bond donors (Lipinski definition) is 6. The Balaban J connectivity index is 1.68. The Labute approximate surface area is 222 Å². The number of ketones is 1. The summed E-state index contributed by atoms with van der Waals surface area (Å²) < 4.78 is 0. The molecule has 4 rings (SSSR count). The van der Waals surface area contributed by atoms with Gasteiger partial charge in [0.05, 0.1) is 29.5 Å². The fourth-order valence-electron chi connectivity index (χ4n) is 9.31. The van der Waals surface area contributed by atoms with Crippen molar-refractivity contribution in [2.75, 3.05) is 6.61 Å². The maximum atomic E-state index is 13.6. The van der Waals surface area contributed by atoms with Crippen LogP contribution in [0, 0.1) is 39.9 Å². The second kappa shape index (κ2) is 9.38. The molecular weight excluding hydrogens is 472 g/mol. The van der Waals surface area contributed by atoms with Gasteiger partial charge >= 0.3 is 0 Å². The SMILES string of the molecule is CCC(CC(O)[C@](C)(O)[C@H]1CCC2(O)C3=CC(=O)[C@]4(C)C[C@@H](O)[C@@H](O)C[C@]4(C)C3CC[C@]12C)C(C)CO. The molecule has 12 atom stereocenters. The molecule has 0 saturated heterocycles. The second-order valence-corrected chi connectivity index (χ2v) is 14.0. The molecule has 3 fully saturated rings. The molecule has 0 aromatic carbocycles. The van der Waals surface area contributed by atoms with E-state index in [-0.39, 0.29) is 42.5 Å². The van der Waals surface area contributed by atoms with Gasteiger partial charge < -0.3 is 30.6 Å². The zero-order valence-electron chi connectivity index (χ0n) is 23.6. The van der Waals surface area contributed by atoms with E-state index in [9.17, 15) is 35.4 Å². The van der Waals surface area contributed by atoms with Crippen molar-refractivity contribution in [2.24, 2.45) is 39.9 Å². The van der Waals surface area contributed by atoms with E-state index < -0.39 is 45.8 Å². The van der Waals surface area contributed by atoms with Gasteiger partial charge in [-0.25, -0.2) is 0 Å². The van der Waals surface area contributed by atoms with Crippen LogP contribution in [0.5, 0.6) is 0 Å². The molecule has 7 nitrogen and oxygen atoms in total. The zero-order chi connectivity index (χ0) is 27.8. The lowest BCUT2D eigenvalue weighted by atomic mass is 9.41. The van der Waals surface area contributed by atoms with Crippen LogP contribution in [0.1, 0.15) is 92.9 Å². The van der Waals surface area contributed by atoms with Crippen molar-refractivity contribution in [3.05, 3.63) is 11.6 Å². The van der Waals surface area contributed by atoms with E-state index in [4.69, 9.17) is 0 Å². The first kappa shape index (κ1) is 29.2. The summed E-state index contributed by atoms with van der Waals surface area (Å²) in [6, 6.07) is 0. The molecule has 0 spiro atoms. The monoisotopic (exact) mass is 522 g/mol. The normalized spacial score (nSPS) is 47.7. The number of allylic oxidation sites excluding steroid dienone is 1. The summed E-state index contributed by atoms with van der Waals surface area (Å²) in [5.74, 6) is -0.513. The predicted molar refractivity (Wildman–Crippen MR) is 140 cm³/mol. The van der Waals surface area contributed by atoms with Crippen molar-refractivity contribution in [3.8, 4) is 0 Å². The molecule has 7 heteroatoms. The molecule has 37 heavy (non-hydrogen) atoms. The van der Waals surface area contributed by atoms with Crippen LogP contribution < -0.4 is 0 Å². The van der Waals surface area contributed by atoms with Crippen molar-refractivity contribution >= 4 is 5.78 Å². The molecule has 0 aromatic rings. The van der Waals surface area contributed by atoms with Gasteiger partial charge in [0.15, 0.2) is 5.78 Å². The number of hydrogen-bond acceptors (Lipinski definition) is 7. The summed E-state index contributed by atoms with van der Waals surface area (Å²) in [5, 5.41) is 66.2. The van der Waals surface area contributed by atoms with E-state index in [2.05, 4.69) is 0 Å². The quantitative estimate of drug-likeness (QED) is 0.302. The average molecular weight is 523 g/mol. The summed E-state index contributed by atoms with van der Waals surface area (Å²) in [6.45, 7) is 11.6. The standard InChI is InChI=1S/C30H50O7/c1-7-18(17(2)16-31)12-25(35)29(6,36)23-9-11-30(37)20-13-24(34)28(5)15-22(33)21(32)14-27(28,4)19(20)8-10-26(23,30)3/h13,17-19,21-23,25,31-33,35-37H,7-12,14-16H2,1-6H3/t17?,18?,19?,21-,22+,23-,25?,26+,27+,28-,29+,30?/m0/s1. The largest absolute Gasteiger partial charge is 0.396 e. The fourth-order valence-corrected chi connectivity index (χ4v) is 9.31. The van der Waals surface area contributed by atoms with Crippen LogP contribution in [-0.4, -0.2) is 72.5 Å². The third-order valence-electron chi connectivity index (χ3n) is 12.4. The highest BCUT2D eigenvalue weighted by molar-refractivity contribution is 5.97. The molecular formula is C30H50O7. The van der Waals surface area contributed by atoms with Gasteiger partial charge in [-0.3, -0.25) is 4.79 Å². The van der Waals surface area contributed by atoms with Crippen LogP contribution in [0.25, 0.3) is 0 Å². The lowest BCUT2D eigenvalue weighted by Gasteiger charge is -2.63. The molecule has 3 saturated carbocycles. The number of rotatable bonds is 7. The Kier molecular flexibility index (Phi) is 7.39. The molecule has 4 aliphatic rings. The van der Waals surface area contributed by atoms with Gasteiger partial charge in [0.2, 0.25) is 0 Å². The van der Waals surface area contributed by atoms with E-state index >= 15 is 0 Å². The Morgan fingerprint density at radius 3 is 2.30 bits per heavy atom. The third-order valence-corrected chi connectivity index (χ3v) is 12.4. The number of aliphatic hydroxyl groups excluding tert-OH is 4. The highest BCUT2D eigenvalue weighted by atomic mass is 16.3. The molecule has 0 amide bonds. The van der Waals surface area contributed by atoms with Crippen LogP contribution in [0.3, 0.4) is 0 Å². The van der Waals surface area contributed by atoms with Gasteiger partial charge in [-0.2, -0.15) is 0 Å². The topological polar surface area (TPSA) is 138 Å². The van der Waals surface area contributed by atoms with Crippen molar-refractivity contribution in [3.63, 3.8) is 0 Å². The first-order valence-electron chi connectivity index (χ1n) is 14.4. The van der Waals surface area contributed by atoms with Crippen molar-refractivity contribution in [2.45, 2.75) is 122 Å².